The smallest absolute Gasteiger partial charge is 1.00 e. The zero-order valence-corrected chi connectivity index (χ0v) is 15.4. The fourth-order valence-corrected chi connectivity index (χ4v) is 2.26. The summed E-state index contributed by atoms with van der Waals surface area (Å²) in [6.07, 6.45) is 13.3. The second-order valence-corrected chi connectivity index (χ2v) is 5.88. The van der Waals surface area contributed by atoms with Crippen LogP contribution >= 0.6 is 0 Å². The Bertz CT molecular complexity index is 274. The van der Waals surface area contributed by atoms with Crippen molar-refractivity contribution < 1.29 is 48.1 Å². The Hall–Kier alpha value is 0.870. The fraction of sp³-hybridized carbons (Fsp3) is 1.00. The van der Waals surface area contributed by atoms with Gasteiger partial charge in [-0.2, -0.15) is 8.42 Å². The third kappa shape index (κ3) is 21.3. The number of hydrogen-bond donors (Lipinski definition) is 1. The monoisotopic (exact) mass is 304 g/mol. The maximum absolute atomic E-state index is 10.2. The Balaban J connectivity index is -0.00000144. The van der Waals surface area contributed by atoms with Crippen LogP contribution in [0.15, 0.2) is 0 Å². The van der Waals surface area contributed by atoms with Gasteiger partial charge in [-0.3, -0.25) is 4.55 Å². The van der Waals surface area contributed by atoms with Crippen LogP contribution < -0.4 is 29.6 Å². The normalized spacial score (nSPS) is 11.3. The third-order valence-corrected chi connectivity index (χ3v) is 3.44. The van der Waals surface area contributed by atoms with Crippen molar-refractivity contribution in [3.8, 4) is 0 Å². The van der Waals surface area contributed by atoms with Crippen molar-refractivity contribution in [1.82, 2.24) is 0 Å². The van der Waals surface area contributed by atoms with Crippen molar-refractivity contribution in [3.63, 3.8) is 0 Å². The summed E-state index contributed by atoms with van der Waals surface area (Å²) in [5, 5.41) is 0. The van der Waals surface area contributed by atoms with Gasteiger partial charge in [-0.05, 0) is 6.42 Å². The van der Waals surface area contributed by atoms with Crippen LogP contribution in [0.1, 0.15) is 79.0 Å². The second-order valence-electron chi connectivity index (χ2n) is 4.79. The van der Waals surface area contributed by atoms with Gasteiger partial charge in [-0.15, -0.1) is 0 Å². The van der Waals surface area contributed by atoms with Crippen LogP contribution in [0.3, 0.4) is 0 Å². The van der Waals surface area contributed by atoms with Crippen LogP contribution in [-0.4, -0.2) is 19.6 Å². The van der Waals surface area contributed by atoms with Crippen LogP contribution in [0.25, 0.3) is 0 Å². The molecule has 19 heavy (non-hydrogen) atoms. The van der Waals surface area contributed by atoms with Gasteiger partial charge < -0.3 is 1.43 Å². The molecular weight excluding hydrogens is 275 g/mol. The topological polar surface area (TPSA) is 63.6 Å². The third-order valence-electron chi connectivity index (χ3n) is 2.98. The molecule has 0 radical (unpaired) electrons. The van der Waals surface area contributed by atoms with E-state index in [0.29, 0.717) is 6.42 Å². The molecule has 0 aromatic heterocycles. The first-order chi connectivity index (χ1) is 8.56. The zero-order chi connectivity index (χ0) is 13.7. The van der Waals surface area contributed by atoms with Crippen LogP contribution in [0.2, 0.25) is 0 Å². The van der Waals surface area contributed by atoms with Crippen molar-refractivity contribution in [2.75, 3.05) is 6.61 Å². The first-order valence-corrected chi connectivity index (χ1v) is 8.54. The van der Waals surface area contributed by atoms with E-state index in [4.69, 9.17) is 4.55 Å². The largest absolute Gasteiger partial charge is 1.00 e. The molecule has 0 aliphatic heterocycles. The van der Waals surface area contributed by atoms with Gasteiger partial charge in [0.25, 0.3) is 0 Å². The molecule has 0 unspecified atom stereocenters. The molecule has 0 aromatic carbocycles. The molecule has 1 N–H and O–H groups in total. The van der Waals surface area contributed by atoms with E-state index in [1.807, 2.05) is 0 Å². The quantitative estimate of drug-likeness (QED) is 0.316. The molecule has 0 aliphatic carbocycles. The van der Waals surface area contributed by atoms with Crippen LogP contribution in [-0.2, 0) is 14.6 Å². The molecule has 0 spiro atoms. The molecule has 0 atom stereocenters. The minimum Gasteiger partial charge on any atom is -1.00 e. The summed E-state index contributed by atoms with van der Waals surface area (Å²) in [4.78, 5) is 0. The SMILES string of the molecule is CCCCCCCCCCCCCOS(=O)(=O)O.[H-].[Na+]. The van der Waals surface area contributed by atoms with Crippen LogP contribution in [0.4, 0.5) is 0 Å². The molecule has 0 saturated carbocycles. The molecule has 112 valence electrons. The average Bonchev–Trinajstić information content (AvgIpc) is 2.29. The Labute approximate surface area is 142 Å². The van der Waals surface area contributed by atoms with Crippen LogP contribution in [0, 0.1) is 0 Å². The molecular formula is C13H29NaO4S. The van der Waals surface area contributed by atoms with Gasteiger partial charge in [0.2, 0.25) is 0 Å². The second kappa shape index (κ2) is 15.3. The van der Waals surface area contributed by atoms with E-state index in [1.165, 1.54) is 51.4 Å². The van der Waals surface area contributed by atoms with Gasteiger partial charge in [0.15, 0.2) is 0 Å². The van der Waals surface area contributed by atoms with E-state index in [9.17, 15) is 8.42 Å². The van der Waals surface area contributed by atoms with Crippen molar-refractivity contribution >= 4 is 10.4 Å². The summed E-state index contributed by atoms with van der Waals surface area (Å²) < 4.78 is 33.1. The van der Waals surface area contributed by atoms with E-state index in [2.05, 4.69) is 11.1 Å². The first-order valence-electron chi connectivity index (χ1n) is 7.18. The molecule has 0 saturated heterocycles. The van der Waals surface area contributed by atoms with Crippen LogP contribution in [0.5, 0.6) is 0 Å². The molecule has 0 aromatic rings. The van der Waals surface area contributed by atoms with Gasteiger partial charge in [0, 0.05) is 0 Å². The minimum absolute atomic E-state index is 0. The summed E-state index contributed by atoms with van der Waals surface area (Å²) in [5.74, 6) is 0. The summed E-state index contributed by atoms with van der Waals surface area (Å²) >= 11 is 0. The molecule has 0 heterocycles. The number of rotatable bonds is 13. The van der Waals surface area contributed by atoms with Gasteiger partial charge in [0.1, 0.15) is 0 Å². The van der Waals surface area contributed by atoms with E-state index in [1.54, 1.807) is 0 Å². The van der Waals surface area contributed by atoms with E-state index < -0.39 is 10.4 Å². The Kier molecular flexibility index (Phi) is 17.8. The Morgan fingerprint density at radius 1 is 0.842 bits per heavy atom. The summed E-state index contributed by atoms with van der Waals surface area (Å²) in [5.41, 5.74) is 0. The van der Waals surface area contributed by atoms with Crippen molar-refractivity contribution in [2.24, 2.45) is 0 Å². The Morgan fingerprint density at radius 3 is 1.58 bits per heavy atom. The molecule has 0 fully saturated rings. The molecule has 0 rings (SSSR count). The average molecular weight is 304 g/mol. The maximum Gasteiger partial charge on any atom is 1.00 e. The van der Waals surface area contributed by atoms with E-state index >= 15 is 0 Å². The summed E-state index contributed by atoms with van der Waals surface area (Å²) in [6, 6.07) is 0. The standard InChI is InChI=1S/C13H28O4S.Na.H/c1-2-3-4-5-6-7-8-9-10-11-12-13-17-18(14,15)16;;/h2-13H2,1H3,(H,14,15,16);;/q;+1;-1. The minimum atomic E-state index is -4.24. The fourth-order valence-electron chi connectivity index (χ4n) is 1.93. The van der Waals surface area contributed by atoms with E-state index in [0.717, 1.165) is 12.8 Å². The predicted molar refractivity (Wildman–Crippen MR) is 75.1 cm³/mol. The molecule has 4 nitrogen and oxygen atoms in total. The van der Waals surface area contributed by atoms with E-state index in [-0.39, 0.29) is 37.6 Å². The molecule has 6 heteroatoms. The van der Waals surface area contributed by atoms with Gasteiger partial charge >= 0.3 is 40.0 Å². The molecule has 0 amide bonds. The number of unbranched alkanes of at least 4 members (excludes halogenated alkanes) is 10. The van der Waals surface area contributed by atoms with Gasteiger partial charge in [-0.1, -0.05) is 71.1 Å². The zero-order valence-electron chi connectivity index (χ0n) is 13.6. The first kappa shape index (κ1) is 22.2. The number of hydrogen-bond acceptors (Lipinski definition) is 3. The van der Waals surface area contributed by atoms with Crippen molar-refractivity contribution in [2.45, 2.75) is 77.6 Å². The molecule has 0 bridgehead atoms. The maximum atomic E-state index is 10.2. The Morgan fingerprint density at radius 2 is 1.21 bits per heavy atom. The van der Waals surface area contributed by atoms with Gasteiger partial charge in [-0.25, -0.2) is 4.18 Å². The summed E-state index contributed by atoms with van der Waals surface area (Å²) in [6.45, 7) is 2.32. The molecule has 0 aliphatic rings. The van der Waals surface area contributed by atoms with Crippen molar-refractivity contribution in [3.05, 3.63) is 0 Å². The predicted octanol–water partition coefficient (Wildman–Crippen LogP) is 1.23. The summed E-state index contributed by atoms with van der Waals surface area (Å²) in [7, 11) is -4.24. The van der Waals surface area contributed by atoms with Gasteiger partial charge in [0.05, 0.1) is 6.61 Å². The van der Waals surface area contributed by atoms with Crippen molar-refractivity contribution in [1.29, 1.82) is 0 Å².